The van der Waals surface area contributed by atoms with Crippen LogP contribution in [0.1, 0.15) is 57.3 Å². The molecule has 2 fully saturated rings. The second kappa shape index (κ2) is 12.2. The number of methoxy groups -OCH3 is 1. The first-order valence-electron chi connectivity index (χ1n) is 13.6. The van der Waals surface area contributed by atoms with Gasteiger partial charge >= 0.3 is 5.97 Å². The van der Waals surface area contributed by atoms with Gasteiger partial charge in [0.25, 0.3) is 17.7 Å². The third kappa shape index (κ3) is 5.78. The Morgan fingerprint density at radius 2 is 1.60 bits per heavy atom. The standard InChI is InChI=1S/C32H29ClN2O7/c1-19-10-15-24-26(16-19)31(39)35(30(24)38)34(29(37)25-8-3-4-9-27(25)33)18-28(36)20-11-13-22(14-12-20)42-32(40)21-6-5-7-23(17-21)41-2/h3-9,11-14,17,19,24,26H,10,15-16,18H2,1-2H3/t19-,24-,26+/m1/s1. The third-order valence-electron chi connectivity index (χ3n) is 7.73. The number of ketones is 1. The molecule has 0 unspecified atom stereocenters. The van der Waals surface area contributed by atoms with Crippen LogP contribution in [0.15, 0.2) is 72.8 Å². The van der Waals surface area contributed by atoms with Gasteiger partial charge in [-0.15, -0.1) is 0 Å². The number of carbonyl (C=O) groups excluding carboxylic acids is 5. The minimum absolute atomic E-state index is 0.0654. The molecule has 3 aromatic carbocycles. The van der Waals surface area contributed by atoms with E-state index in [-0.39, 0.29) is 33.4 Å². The molecule has 0 aromatic heterocycles. The van der Waals surface area contributed by atoms with Crippen LogP contribution in [0.3, 0.4) is 0 Å². The van der Waals surface area contributed by atoms with Crippen LogP contribution >= 0.6 is 11.6 Å². The molecule has 2 aliphatic rings. The molecule has 42 heavy (non-hydrogen) atoms. The molecule has 0 radical (unpaired) electrons. The van der Waals surface area contributed by atoms with Crippen LogP contribution in [-0.2, 0) is 9.59 Å². The molecule has 0 spiro atoms. The molecule has 0 bridgehead atoms. The Labute approximate surface area is 247 Å². The third-order valence-corrected chi connectivity index (χ3v) is 8.06. The number of benzene rings is 3. The fourth-order valence-electron chi connectivity index (χ4n) is 5.47. The summed E-state index contributed by atoms with van der Waals surface area (Å²) < 4.78 is 10.6. The zero-order valence-corrected chi connectivity index (χ0v) is 23.9. The minimum atomic E-state index is -0.730. The molecular weight excluding hydrogens is 560 g/mol. The van der Waals surface area contributed by atoms with Crippen molar-refractivity contribution in [1.82, 2.24) is 10.0 Å². The maximum Gasteiger partial charge on any atom is 0.343 e. The summed E-state index contributed by atoms with van der Waals surface area (Å²) in [5.74, 6) is -2.90. The number of rotatable bonds is 8. The summed E-state index contributed by atoms with van der Waals surface area (Å²) in [7, 11) is 1.49. The molecule has 3 amide bonds. The lowest BCUT2D eigenvalue weighted by atomic mass is 9.76. The van der Waals surface area contributed by atoms with E-state index in [0.717, 1.165) is 16.4 Å². The minimum Gasteiger partial charge on any atom is -0.497 e. The Bertz CT molecular complexity index is 1550. The van der Waals surface area contributed by atoms with E-state index in [1.54, 1.807) is 36.4 Å². The van der Waals surface area contributed by atoms with Crippen molar-refractivity contribution >= 4 is 41.1 Å². The van der Waals surface area contributed by atoms with E-state index in [2.05, 4.69) is 0 Å². The normalized spacial score (nSPS) is 19.7. The molecule has 0 N–H and O–H groups in total. The van der Waals surface area contributed by atoms with Gasteiger partial charge in [0.1, 0.15) is 18.0 Å². The van der Waals surface area contributed by atoms with E-state index in [1.165, 1.54) is 43.5 Å². The Kier molecular flexibility index (Phi) is 8.40. The Hall–Kier alpha value is -4.50. The number of amides is 3. The second-order valence-electron chi connectivity index (χ2n) is 10.5. The van der Waals surface area contributed by atoms with Gasteiger partial charge in [0.15, 0.2) is 5.78 Å². The Balaban J connectivity index is 1.37. The van der Waals surface area contributed by atoms with Gasteiger partial charge < -0.3 is 9.47 Å². The summed E-state index contributed by atoms with van der Waals surface area (Å²) in [6.07, 6.45) is 1.90. The highest BCUT2D eigenvalue weighted by atomic mass is 35.5. The highest BCUT2D eigenvalue weighted by Gasteiger charge is 2.53. The molecule has 1 saturated heterocycles. The summed E-state index contributed by atoms with van der Waals surface area (Å²) in [6.45, 7) is 1.46. The maximum atomic E-state index is 13.7. The lowest BCUT2D eigenvalue weighted by Crippen LogP contribution is -2.52. The van der Waals surface area contributed by atoms with Gasteiger partial charge in [-0.2, -0.15) is 5.01 Å². The molecule has 1 heterocycles. The van der Waals surface area contributed by atoms with Gasteiger partial charge in [-0.1, -0.05) is 36.7 Å². The predicted octanol–water partition coefficient (Wildman–Crippen LogP) is 5.23. The smallest absolute Gasteiger partial charge is 0.343 e. The topological polar surface area (TPSA) is 110 Å². The van der Waals surface area contributed by atoms with Gasteiger partial charge in [0.2, 0.25) is 0 Å². The quantitative estimate of drug-likeness (QED) is 0.153. The molecule has 9 nitrogen and oxygen atoms in total. The van der Waals surface area contributed by atoms with E-state index in [9.17, 15) is 24.0 Å². The largest absolute Gasteiger partial charge is 0.497 e. The van der Waals surface area contributed by atoms with Crippen molar-refractivity contribution < 1.29 is 33.4 Å². The number of Topliss-reactive ketones (excluding diaryl/α,β-unsaturated/α-hetero) is 1. The molecule has 3 aromatic rings. The number of nitrogens with zero attached hydrogens (tertiary/aromatic N) is 2. The molecule has 10 heteroatoms. The zero-order valence-electron chi connectivity index (χ0n) is 23.1. The molecule has 3 atom stereocenters. The first-order valence-corrected chi connectivity index (χ1v) is 14.0. The first kappa shape index (κ1) is 29.0. The van der Waals surface area contributed by atoms with Crippen LogP contribution < -0.4 is 9.47 Å². The molecule has 5 rings (SSSR count). The van der Waals surface area contributed by atoms with E-state index in [4.69, 9.17) is 21.1 Å². The average molecular weight is 589 g/mol. The highest BCUT2D eigenvalue weighted by molar-refractivity contribution is 6.34. The van der Waals surface area contributed by atoms with Crippen LogP contribution in [0, 0.1) is 17.8 Å². The van der Waals surface area contributed by atoms with E-state index < -0.39 is 47.9 Å². The Morgan fingerprint density at radius 3 is 2.31 bits per heavy atom. The van der Waals surface area contributed by atoms with Crippen molar-refractivity contribution in [3.8, 4) is 11.5 Å². The van der Waals surface area contributed by atoms with Crippen LogP contribution in [0.25, 0.3) is 0 Å². The fraction of sp³-hybridized carbons (Fsp3) is 0.281. The number of imide groups is 1. The van der Waals surface area contributed by atoms with Crippen molar-refractivity contribution in [1.29, 1.82) is 0 Å². The SMILES string of the molecule is COc1cccc(C(=O)Oc2ccc(C(=O)CN(C(=O)c3ccccc3Cl)N3C(=O)[C@H]4C[C@H](C)CC[C@H]4C3=O)cc2)c1. The number of ether oxygens (including phenoxy) is 2. The lowest BCUT2D eigenvalue weighted by Gasteiger charge is -2.30. The number of halogens is 1. The summed E-state index contributed by atoms with van der Waals surface area (Å²) in [5, 5.41) is 1.89. The van der Waals surface area contributed by atoms with E-state index in [1.807, 2.05) is 6.92 Å². The van der Waals surface area contributed by atoms with Crippen LogP contribution in [-0.4, -0.2) is 53.1 Å². The first-order chi connectivity index (χ1) is 20.2. The van der Waals surface area contributed by atoms with Crippen molar-refractivity contribution in [2.24, 2.45) is 17.8 Å². The number of fused-ring (bicyclic) bond motifs is 1. The van der Waals surface area contributed by atoms with E-state index >= 15 is 0 Å². The van der Waals surface area contributed by atoms with E-state index in [0.29, 0.717) is 18.6 Å². The zero-order chi connectivity index (χ0) is 30.0. The van der Waals surface area contributed by atoms with Crippen molar-refractivity contribution in [3.05, 3.63) is 94.5 Å². The van der Waals surface area contributed by atoms with Gasteiger partial charge in [-0.05, 0) is 79.8 Å². The molecule has 1 saturated carbocycles. The van der Waals surface area contributed by atoms with Crippen molar-refractivity contribution in [2.75, 3.05) is 13.7 Å². The average Bonchev–Trinajstić information content (AvgIpc) is 3.24. The van der Waals surface area contributed by atoms with Crippen LogP contribution in [0.5, 0.6) is 11.5 Å². The van der Waals surface area contributed by atoms with Crippen LogP contribution in [0.4, 0.5) is 0 Å². The maximum absolute atomic E-state index is 13.7. The van der Waals surface area contributed by atoms with Gasteiger partial charge in [-0.25, -0.2) is 9.80 Å². The molecular formula is C32H29ClN2O7. The number of hydrazine groups is 1. The number of carbonyl (C=O) groups is 5. The summed E-state index contributed by atoms with van der Waals surface area (Å²) >= 11 is 6.29. The summed E-state index contributed by atoms with van der Waals surface area (Å²) in [5.41, 5.74) is 0.548. The molecule has 1 aliphatic heterocycles. The van der Waals surface area contributed by atoms with Gasteiger partial charge in [0.05, 0.1) is 35.1 Å². The molecule has 1 aliphatic carbocycles. The number of hydrogen-bond acceptors (Lipinski definition) is 7. The highest BCUT2D eigenvalue weighted by Crippen LogP contribution is 2.41. The molecule has 216 valence electrons. The van der Waals surface area contributed by atoms with Gasteiger partial charge in [-0.3, -0.25) is 19.2 Å². The second-order valence-corrected chi connectivity index (χ2v) is 10.9. The fourth-order valence-corrected chi connectivity index (χ4v) is 5.69. The van der Waals surface area contributed by atoms with Gasteiger partial charge in [0, 0.05) is 5.56 Å². The number of hydrogen-bond donors (Lipinski definition) is 0. The van der Waals surface area contributed by atoms with Crippen LogP contribution in [0.2, 0.25) is 5.02 Å². The van der Waals surface area contributed by atoms with Crippen molar-refractivity contribution in [3.63, 3.8) is 0 Å². The lowest BCUT2D eigenvalue weighted by molar-refractivity contribution is -0.154. The summed E-state index contributed by atoms with van der Waals surface area (Å²) in [4.78, 5) is 66.6. The predicted molar refractivity (Wildman–Crippen MR) is 153 cm³/mol. The summed E-state index contributed by atoms with van der Waals surface area (Å²) in [6, 6.07) is 18.6. The monoisotopic (exact) mass is 588 g/mol. The number of esters is 1. The Morgan fingerprint density at radius 1 is 0.881 bits per heavy atom. The van der Waals surface area contributed by atoms with Crippen molar-refractivity contribution in [2.45, 2.75) is 26.2 Å².